The predicted molar refractivity (Wildman–Crippen MR) is 78.9 cm³/mol. The molecule has 0 aromatic rings. The first-order valence-electron chi connectivity index (χ1n) is 8.35. The molecule has 0 amide bonds. The maximum Gasteiger partial charge on any atom is 0.0108 e. The van der Waals surface area contributed by atoms with E-state index in [1.165, 1.54) is 84.0 Å². The van der Waals surface area contributed by atoms with Gasteiger partial charge in [0.05, 0.1) is 0 Å². The third-order valence-corrected chi connectivity index (χ3v) is 5.02. The Morgan fingerprint density at radius 2 is 1.78 bits per heavy atom. The molecule has 2 heteroatoms. The van der Waals surface area contributed by atoms with Crippen LogP contribution < -0.4 is 5.32 Å². The summed E-state index contributed by atoms with van der Waals surface area (Å²) in [6.45, 7) is 7.41. The minimum Gasteiger partial charge on any atom is -0.317 e. The van der Waals surface area contributed by atoms with Crippen LogP contribution in [0.15, 0.2) is 0 Å². The predicted octanol–water partition coefficient (Wildman–Crippen LogP) is 3.42. The fourth-order valence-corrected chi connectivity index (χ4v) is 3.79. The Morgan fingerprint density at radius 3 is 2.56 bits per heavy atom. The Bertz CT molecular complexity index is 203. The van der Waals surface area contributed by atoms with Crippen LogP contribution in [0.1, 0.15) is 64.7 Å². The second-order valence-corrected chi connectivity index (χ2v) is 6.26. The van der Waals surface area contributed by atoms with Crippen molar-refractivity contribution in [3.63, 3.8) is 0 Å². The molecule has 1 aliphatic carbocycles. The number of hydrogen-bond acceptors (Lipinski definition) is 2. The van der Waals surface area contributed by atoms with E-state index in [0.717, 1.165) is 12.0 Å². The summed E-state index contributed by atoms with van der Waals surface area (Å²) in [5.74, 6) is 1.04. The van der Waals surface area contributed by atoms with Crippen LogP contribution in [0.3, 0.4) is 0 Å². The van der Waals surface area contributed by atoms with Gasteiger partial charge in [-0.1, -0.05) is 39.0 Å². The van der Waals surface area contributed by atoms with Crippen molar-refractivity contribution in [3.8, 4) is 0 Å². The molecule has 1 atom stereocenters. The average Bonchev–Trinajstić information content (AvgIpc) is 2.70. The second-order valence-electron chi connectivity index (χ2n) is 6.26. The highest BCUT2D eigenvalue weighted by Gasteiger charge is 2.20. The zero-order valence-electron chi connectivity index (χ0n) is 12.3. The highest BCUT2D eigenvalue weighted by atomic mass is 15.2. The SMILES string of the molecule is CCN(CCC1CCCCC1)C1CCCNCC1. The number of nitrogens with one attached hydrogen (secondary N) is 1. The van der Waals surface area contributed by atoms with Gasteiger partial charge in [0.1, 0.15) is 0 Å². The van der Waals surface area contributed by atoms with Gasteiger partial charge in [0.15, 0.2) is 0 Å². The van der Waals surface area contributed by atoms with Crippen molar-refractivity contribution in [1.29, 1.82) is 0 Å². The molecule has 1 saturated heterocycles. The first-order chi connectivity index (χ1) is 8.90. The van der Waals surface area contributed by atoms with Crippen molar-refractivity contribution >= 4 is 0 Å². The number of rotatable bonds is 5. The van der Waals surface area contributed by atoms with Crippen LogP contribution in [0.25, 0.3) is 0 Å². The van der Waals surface area contributed by atoms with E-state index in [0.29, 0.717) is 0 Å². The van der Waals surface area contributed by atoms with E-state index in [-0.39, 0.29) is 0 Å². The maximum atomic E-state index is 3.53. The van der Waals surface area contributed by atoms with Gasteiger partial charge in [-0.25, -0.2) is 0 Å². The Kier molecular flexibility index (Phi) is 6.50. The summed E-state index contributed by atoms with van der Waals surface area (Å²) in [5.41, 5.74) is 0. The van der Waals surface area contributed by atoms with E-state index in [4.69, 9.17) is 0 Å². The fraction of sp³-hybridized carbons (Fsp3) is 1.00. The van der Waals surface area contributed by atoms with Gasteiger partial charge in [-0.2, -0.15) is 0 Å². The van der Waals surface area contributed by atoms with Crippen molar-refractivity contribution in [1.82, 2.24) is 10.2 Å². The fourth-order valence-electron chi connectivity index (χ4n) is 3.79. The Hall–Kier alpha value is -0.0800. The van der Waals surface area contributed by atoms with E-state index in [2.05, 4.69) is 17.1 Å². The Balaban J connectivity index is 1.72. The van der Waals surface area contributed by atoms with E-state index < -0.39 is 0 Å². The molecular weight excluding hydrogens is 220 g/mol. The summed E-state index contributed by atoms with van der Waals surface area (Å²) in [6, 6.07) is 0.855. The van der Waals surface area contributed by atoms with Crippen molar-refractivity contribution in [3.05, 3.63) is 0 Å². The molecule has 1 aliphatic heterocycles. The maximum absolute atomic E-state index is 3.53. The highest BCUT2D eigenvalue weighted by molar-refractivity contribution is 4.77. The first-order valence-corrected chi connectivity index (χ1v) is 8.35. The van der Waals surface area contributed by atoms with E-state index in [9.17, 15) is 0 Å². The minimum absolute atomic E-state index is 0.855. The molecule has 2 nitrogen and oxygen atoms in total. The third kappa shape index (κ3) is 4.55. The van der Waals surface area contributed by atoms with Gasteiger partial charge in [0.2, 0.25) is 0 Å². The van der Waals surface area contributed by atoms with E-state index >= 15 is 0 Å². The average molecular weight is 252 g/mol. The molecule has 0 aromatic heterocycles. The zero-order valence-corrected chi connectivity index (χ0v) is 12.3. The van der Waals surface area contributed by atoms with Gasteiger partial charge < -0.3 is 10.2 Å². The lowest BCUT2D eigenvalue weighted by molar-refractivity contribution is 0.170. The van der Waals surface area contributed by atoms with Gasteiger partial charge in [0.25, 0.3) is 0 Å². The number of nitrogens with zero attached hydrogens (tertiary/aromatic N) is 1. The van der Waals surface area contributed by atoms with Crippen molar-refractivity contribution in [2.45, 2.75) is 70.8 Å². The lowest BCUT2D eigenvalue weighted by atomic mass is 9.87. The molecule has 2 aliphatic rings. The summed E-state index contributed by atoms with van der Waals surface area (Å²) in [4.78, 5) is 2.77. The molecule has 1 N–H and O–H groups in total. The Morgan fingerprint density at radius 1 is 0.944 bits per heavy atom. The third-order valence-electron chi connectivity index (χ3n) is 5.02. The summed E-state index contributed by atoms with van der Waals surface area (Å²) >= 11 is 0. The van der Waals surface area contributed by atoms with Gasteiger partial charge in [-0.15, -0.1) is 0 Å². The van der Waals surface area contributed by atoms with Crippen LogP contribution in [0.5, 0.6) is 0 Å². The smallest absolute Gasteiger partial charge is 0.0108 e. The standard InChI is InChI=1S/C16H32N2/c1-2-18(16-9-6-12-17-13-10-16)14-11-15-7-4-3-5-8-15/h15-17H,2-14H2,1H3. The lowest BCUT2D eigenvalue weighted by Gasteiger charge is -2.32. The largest absolute Gasteiger partial charge is 0.317 e. The topological polar surface area (TPSA) is 15.3 Å². The van der Waals surface area contributed by atoms with Crippen molar-refractivity contribution in [2.75, 3.05) is 26.2 Å². The van der Waals surface area contributed by atoms with E-state index in [1.54, 1.807) is 0 Å². The minimum atomic E-state index is 0.855. The van der Waals surface area contributed by atoms with Crippen LogP contribution in [-0.4, -0.2) is 37.1 Å². The Labute approximate surface area is 114 Å². The molecule has 18 heavy (non-hydrogen) atoms. The molecule has 1 unspecified atom stereocenters. The first kappa shape index (κ1) is 14.3. The normalized spacial score (nSPS) is 27.3. The van der Waals surface area contributed by atoms with Gasteiger partial charge in [-0.05, 0) is 57.8 Å². The summed E-state index contributed by atoms with van der Waals surface area (Å²) in [5, 5.41) is 3.53. The van der Waals surface area contributed by atoms with Crippen LogP contribution in [0.4, 0.5) is 0 Å². The number of hydrogen-bond donors (Lipinski definition) is 1. The summed E-state index contributed by atoms with van der Waals surface area (Å²) < 4.78 is 0. The van der Waals surface area contributed by atoms with Crippen molar-refractivity contribution < 1.29 is 0 Å². The van der Waals surface area contributed by atoms with Gasteiger partial charge >= 0.3 is 0 Å². The molecule has 0 radical (unpaired) electrons. The molecule has 2 rings (SSSR count). The molecular formula is C16H32N2. The summed E-state index contributed by atoms with van der Waals surface area (Å²) in [6.07, 6.45) is 13.1. The highest BCUT2D eigenvalue weighted by Crippen LogP contribution is 2.27. The van der Waals surface area contributed by atoms with Gasteiger partial charge in [-0.3, -0.25) is 0 Å². The zero-order chi connectivity index (χ0) is 12.6. The molecule has 0 spiro atoms. The molecule has 1 heterocycles. The van der Waals surface area contributed by atoms with Crippen LogP contribution >= 0.6 is 0 Å². The quantitative estimate of drug-likeness (QED) is 0.806. The van der Waals surface area contributed by atoms with Crippen LogP contribution in [0, 0.1) is 5.92 Å². The molecule has 0 aromatic carbocycles. The van der Waals surface area contributed by atoms with E-state index in [1.807, 2.05) is 0 Å². The second kappa shape index (κ2) is 8.16. The van der Waals surface area contributed by atoms with Gasteiger partial charge in [0, 0.05) is 6.04 Å². The molecule has 2 fully saturated rings. The van der Waals surface area contributed by atoms with Crippen molar-refractivity contribution in [2.24, 2.45) is 5.92 Å². The monoisotopic (exact) mass is 252 g/mol. The molecule has 1 saturated carbocycles. The lowest BCUT2D eigenvalue weighted by Crippen LogP contribution is -2.37. The van der Waals surface area contributed by atoms with Crippen LogP contribution in [-0.2, 0) is 0 Å². The van der Waals surface area contributed by atoms with Crippen LogP contribution in [0.2, 0.25) is 0 Å². The molecule has 0 bridgehead atoms. The molecule has 106 valence electrons. The summed E-state index contributed by atoms with van der Waals surface area (Å²) in [7, 11) is 0.